The molecule has 0 aliphatic rings. The summed E-state index contributed by atoms with van der Waals surface area (Å²) in [5.74, 6) is 0.573. The molecule has 7 rings (SSSR count). The Morgan fingerprint density at radius 3 is 1.88 bits per heavy atom. The standard InChI is InChI=1S/C23H21.C22H25.2CH3.Si.Zr/c1-14-12-21-16(3)15(2)17(4)23(22(21)13-14)20-11-7-9-18-8-5-6-10-19(18)20;1-15(2)18-13-17-7-6-8-20(21(17)14-18)16-9-11-19(12-10-16)22(3,4)5;;;;/h5-13H,1-4H3;6-15H,1-5H3;2*1H3;;/q4*-1;;. The summed E-state index contributed by atoms with van der Waals surface area (Å²) in [6, 6.07) is 40.3. The average Bonchev–Trinajstić information content (AvgIpc) is 3.69. The van der Waals surface area contributed by atoms with E-state index in [9.17, 15) is 0 Å². The zero-order valence-corrected chi connectivity index (χ0v) is 34.9. The van der Waals surface area contributed by atoms with Crippen LogP contribution in [-0.4, -0.2) is 6.88 Å². The Labute approximate surface area is 313 Å². The van der Waals surface area contributed by atoms with Crippen molar-refractivity contribution in [1.29, 1.82) is 0 Å². The first-order valence-corrected chi connectivity index (χ1v) is 20.8. The molecule has 7 aromatic rings. The van der Waals surface area contributed by atoms with Gasteiger partial charge >= 0.3 is 30.2 Å². The molecule has 0 heterocycles. The van der Waals surface area contributed by atoms with Gasteiger partial charge in [-0.1, -0.05) is 144 Å². The summed E-state index contributed by atoms with van der Waals surface area (Å²) >= 11 is 1.36. The first kappa shape index (κ1) is 40.1. The molecule has 0 aliphatic carbocycles. The molecule has 0 saturated carbocycles. The van der Waals surface area contributed by atoms with Crippen LogP contribution in [-0.2, 0) is 28.8 Å². The van der Waals surface area contributed by atoms with Gasteiger partial charge in [-0.3, -0.25) is 0 Å². The molecule has 0 atom stereocenters. The van der Waals surface area contributed by atoms with Crippen molar-refractivity contribution >= 4 is 39.2 Å². The SMILES string of the molecule is CC(C)c1cc2c(-c3ccc(C(C)(C)C)cc3)cccc2[cH-]1.Cc1cc2c(-c3cccc4ccccc34)c(C)c(C)c(C)c2[cH-]1.[CH3-].[CH3-].[Si]=[Zr]. The summed E-state index contributed by atoms with van der Waals surface area (Å²) in [6.45, 7) is 23.3. The van der Waals surface area contributed by atoms with Crippen molar-refractivity contribution in [2.75, 3.05) is 0 Å². The second kappa shape index (κ2) is 16.6. The summed E-state index contributed by atoms with van der Waals surface area (Å²) in [5.41, 5.74) is 14.0. The van der Waals surface area contributed by atoms with E-state index in [-0.39, 0.29) is 20.3 Å². The molecule has 7 aromatic carbocycles. The summed E-state index contributed by atoms with van der Waals surface area (Å²) in [7, 11) is 0. The van der Waals surface area contributed by atoms with Gasteiger partial charge in [-0.05, 0) is 52.6 Å². The second-order valence-corrected chi connectivity index (χ2v) is 14.2. The molecule has 0 bridgehead atoms. The fourth-order valence-electron chi connectivity index (χ4n) is 6.83. The van der Waals surface area contributed by atoms with Crippen molar-refractivity contribution in [3.63, 3.8) is 0 Å². The summed E-state index contributed by atoms with van der Waals surface area (Å²) in [4.78, 5) is 0. The van der Waals surface area contributed by atoms with Crippen LogP contribution < -0.4 is 0 Å². The van der Waals surface area contributed by atoms with E-state index in [1.807, 2.05) is 0 Å². The van der Waals surface area contributed by atoms with Crippen LogP contribution in [0.5, 0.6) is 0 Å². The van der Waals surface area contributed by atoms with Gasteiger partial charge in [-0.15, -0.1) is 62.5 Å². The number of hydrogen-bond acceptors (Lipinski definition) is 0. The molecule has 0 spiro atoms. The zero-order valence-electron chi connectivity index (χ0n) is 31.5. The van der Waals surface area contributed by atoms with Gasteiger partial charge in [-0.2, -0.15) is 12.1 Å². The van der Waals surface area contributed by atoms with Gasteiger partial charge in [0, 0.05) is 0 Å². The first-order valence-electron chi connectivity index (χ1n) is 16.6. The summed E-state index contributed by atoms with van der Waals surface area (Å²) in [5, 5.41) is 8.14. The Hall–Kier alpha value is -3.32. The molecule has 0 aromatic heterocycles. The predicted molar refractivity (Wildman–Crippen MR) is 218 cm³/mol. The molecule has 0 N–H and O–H groups in total. The van der Waals surface area contributed by atoms with Crippen LogP contribution in [0.1, 0.15) is 73.9 Å². The van der Waals surface area contributed by atoms with Gasteiger partial charge in [0.15, 0.2) is 0 Å². The van der Waals surface area contributed by atoms with Crippen molar-refractivity contribution in [2.45, 2.75) is 73.6 Å². The molecule has 49 heavy (non-hydrogen) atoms. The van der Waals surface area contributed by atoms with Gasteiger partial charge in [0.25, 0.3) is 0 Å². The van der Waals surface area contributed by atoms with Crippen LogP contribution in [0, 0.1) is 42.5 Å². The molecule has 0 amide bonds. The average molecular weight is 736 g/mol. The van der Waals surface area contributed by atoms with Gasteiger partial charge < -0.3 is 14.9 Å². The Balaban J connectivity index is 0.000000244. The Kier molecular flexibility index (Phi) is 13.6. The molecule has 2 heteroatoms. The van der Waals surface area contributed by atoms with E-state index >= 15 is 0 Å². The molecule has 2 radical (unpaired) electrons. The Morgan fingerprint density at radius 2 is 1.22 bits per heavy atom. The topological polar surface area (TPSA) is 0 Å². The number of rotatable bonds is 3. The van der Waals surface area contributed by atoms with E-state index < -0.39 is 0 Å². The van der Waals surface area contributed by atoms with E-state index in [0.717, 1.165) is 0 Å². The van der Waals surface area contributed by atoms with Crippen molar-refractivity contribution < 1.29 is 23.3 Å². The minimum atomic E-state index is 0. The van der Waals surface area contributed by atoms with E-state index in [2.05, 4.69) is 178 Å². The minimum absolute atomic E-state index is 0. The van der Waals surface area contributed by atoms with Crippen LogP contribution in [0.4, 0.5) is 0 Å². The Bertz CT molecular complexity index is 2160. The molecule has 252 valence electrons. The van der Waals surface area contributed by atoms with Gasteiger partial charge in [0.05, 0.1) is 0 Å². The van der Waals surface area contributed by atoms with E-state index in [0.29, 0.717) is 5.92 Å². The molecule has 0 saturated heterocycles. The third-order valence-corrected chi connectivity index (χ3v) is 9.77. The molecule has 0 nitrogen and oxygen atoms in total. The number of benzene rings is 5. The number of hydrogen-bond donors (Lipinski definition) is 0. The maximum absolute atomic E-state index is 3.06. The second-order valence-electron chi connectivity index (χ2n) is 14.2. The fourth-order valence-corrected chi connectivity index (χ4v) is 6.83. The first-order chi connectivity index (χ1) is 22.4. The van der Waals surface area contributed by atoms with Crippen LogP contribution in [0.25, 0.3) is 54.6 Å². The third kappa shape index (κ3) is 8.19. The zero-order chi connectivity index (χ0) is 34.0. The normalized spacial score (nSPS) is 11.0. The van der Waals surface area contributed by atoms with Crippen LogP contribution in [0.15, 0.2) is 109 Å². The summed E-state index contributed by atoms with van der Waals surface area (Å²) in [6.07, 6.45) is 0. The van der Waals surface area contributed by atoms with Crippen molar-refractivity contribution in [1.82, 2.24) is 0 Å². The van der Waals surface area contributed by atoms with E-state index in [1.165, 1.54) is 111 Å². The van der Waals surface area contributed by atoms with Gasteiger partial charge in [0.1, 0.15) is 0 Å². The summed E-state index contributed by atoms with van der Waals surface area (Å²) < 4.78 is 0. The van der Waals surface area contributed by atoms with Crippen molar-refractivity contribution in [3.05, 3.63) is 157 Å². The monoisotopic (exact) mass is 734 g/mol. The van der Waals surface area contributed by atoms with Crippen molar-refractivity contribution in [2.24, 2.45) is 0 Å². The fraction of sp³-hybridized carbons (Fsp3) is 0.234. The molecular weight excluding hydrogens is 684 g/mol. The quantitative estimate of drug-likeness (QED) is 0.125. The number of fused-ring (bicyclic) bond motifs is 3. The van der Waals surface area contributed by atoms with Crippen LogP contribution in [0.3, 0.4) is 0 Å². The van der Waals surface area contributed by atoms with Gasteiger partial charge in [-0.25, -0.2) is 0 Å². The van der Waals surface area contributed by atoms with E-state index in [4.69, 9.17) is 0 Å². The number of aryl methyl sites for hydroxylation is 2. The van der Waals surface area contributed by atoms with E-state index in [1.54, 1.807) is 0 Å². The molecule has 0 aliphatic heterocycles. The molecule has 0 unspecified atom stereocenters. The molecule has 0 fully saturated rings. The molecular formula is C47H52SiZr-4. The predicted octanol–water partition coefficient (Wildman–Crippen LogP) is 13.8. The van der Waals surface area contributed by atoms with Crippen LogP contribution in [0.2, 0.25) is 0 Å². The maximum atomic E-state index is 3.06. The Morgan fingerprint density at radius 1 is 0.612 bits per heavy atom. The van der Waals surface area contributed by atoms with Gasteiger partial charge in [0.2, 0.25) is 0 Å². The van der Waals surface area contributed by atoms with Crippen molar-refractivity contribution in [3.8, 4) is 22.3 Å². The third-order valence-electron chi connectivity index (χ3n) is 9.77. The van der Waals surface area contributed by atoms with Crippen LogP contribution >= 0.6 is 0 Å².